The molecule has 0 fully saturated rings. The van der Waals surface area contributed by atoms with Gasteiger partial charge in [-0.2, -0.15) is 4.98 Å². The first-order valence-corrected chi connectivity index (χ1v) is 7.21. The monoisotopic (exact) mass is 293 g/mol. The molecule has 0 unspecified atom stereocenters. The lowest BCUT2D eigenvalue weighted by Crippen LogP contribution is -2.72. The summed E-state index contributed by atoms with van der Waals surface area (Å²) in [6, 6.07) is 1.72. The smallest absolute Gasteiger partial charge is 0.223 e. The number of aryl methyl sites for hydroxylation is 1. The van der Waals surface area contributed by atoms with Crippen LogP contribution in [0, 0.1) is 6.92 Å². The molecule has 2 N–H and O–H groups in total. The molecule has 4 nitrogen and oxygen atoms in total. The van der Waals surface area contributed by atoms with Crippen molar-refractivity contribution < 1.29 is 4.74 Å². The highest BCUT2D eigenvalue weighted by molar-refractivity contribution is 8.10. The van der Waals surface area contributed by atoms with Gasteiger partial charge in [-0.05, 0) is 6.92 Å². The lowest BCUT2D eigenvalue weighted by atomic mass is 8.47. The van der Waals surface area contributed by atoms with Crippen molar-refractivity contribution in [1.29, 1.82) is 0 Å². The second-order valence-electron chi connectivity index (χ2n) is 5.37. The molecular formula is C6H9B14N3O. The Bertz CT molecular complexity index is 433. The van der Waals surface area contributed by atoms with Gasteiger partial charge >= 0.3 is 0 Å². The van der Waals surface area contributed by atoms with Crippen LogP contribution in [0.3, 0.4) is 0 Å². The van der Waals surface area contributed by atoms with Gasteiger partial charge in [-0.25, -0.2) is 4.98 Å². The van der Waals surface area contributed by atoms with Gasteiger partial charge < -0.3 is 10.5 Å². The van der Waals surface area contributed by atoms with E-state index < -0.39 is 38.3 Å². The number of nitrogens with two attached hydrogens (primary N) is 1. The van der Waals surface area contributed by atoms with E-state index in [1.165, 1.54) is 0 Å². The van der Waals surface area contributed by atoms with Crippen LogP contribution in [0.1, 0.15) is 5.69 Å². The van der Waals surface area contributed by atoms with Crippen molar-refractivity contribution in [2.45, 2.75) is 6.92 Å². The van der Waals surface area contributed by atoms with Gasteiger partial charge in [-0.15, -0.1) is 0 Å². The van der Waals surface area contributed by atoms with Crippen LogP contribution in [-0.4, -0.2) is 117 Å². The second kappa shape index (κ2) is 11.3. The number of hydrogen-bond donors (Lipinski definition) is 1. The Balaban J connectivity index is 0.000000463. The number of aromatic nitrogens is 2. The predicted molar refractivity (Wildman–Crippen MR) is 118 cm³/mol. The Morgan fingerprint density at radius 1 is 0.833 bits per heavy atom. The molecule has 24 heavy (non-hydrogen) atoms. The van der Waals surface area contributed by atoms with Gasteiger partial charge in [-0.3, -0.25) is 0 Å². The maximum absolute atomic E-state index is 5.51. The summed E-state index contributed by atoms with van der Waals surface area (Å²) in [7, 11) is 45.6. The number of ether oxygens (including phenoxy) is 1. The first-order chi connectivity index (χ1) is 11.0. The molecule has 96 valence electrons. The van der Waals surface area contributed by atoms with Gasteiger partial charge in [0.2, 0.25) is 11.8 Å². The molecular weight excluding hydrogens is 281 g/mol. The van der Waals surface area contributed by atoms with Crippen LogP contribution in [0.15, 0.2) is 6.07 Å². The summed E-state index contributed by atoms with van der Waals surface area (Å²) < 4.78 is 4.84. The molecule has 0 saturated heterocycles. The highest BCUT2D eigenvalue weighted by atomic mass is 16.5. The molecule has 0 aliphatic rings. The molecule has 0 saturated carbocycles. The summed E-state index contributed by atoms with van der Waals surface area (Å²) in [5, 5.41) is 0. The van der Waals surface area contributed by atoms with E-state index in [1.807, 2.05) is 6.92 Å². The first-order valence-electron chi connectivity index (χ1n) is 7.21. The van der Waals surface area contributed by atoms with Crippen LogP contribution in [0.2, 0.25) is 0 Å². The van der Waals surface area contributed by atoms with Gasteiger partial charge in [0, 0.05) is 112 Å². The Kier molecular flexibility index (Phi) is 11.1. The molecule has 0 amide bonds. The predicted octanol–water partition coefficient (Wildman–Crippen LogP) is -4.96. The molecule has 1 rings (SSSR count). The minimum absolute atomic E-state index is 0.247. The molecule has 1 aromatic heterocycles. The van der Waals surface area contributed by atoms with Gasteiger partial charge in [0.1, 0.15) is 0 Å². The van der Waals surface area contributed by atoms with Crippen molar-refractivity contribution in [2.24, 2.45) is 0 Å². The number of nitrogen functional groups attached to an aromatic ring is 1. The summed E-state index contributed by atoms with van der Waals surface area (Å²) in [5.41, 5.74) is 6.14. The maximum atomic E-state index is 5.51. The van der Waals surface area contributed by atoms with Gasteiger partial charge in [0.05, 0.1) is 7.11 Å². The van der Waals surface area contributed by atoms with Crippen molar-refractivity contribution in [3.05, 3.63) is 11.8 Å². The maximum Gasteiger partial charge on any atom is 0.223 e. The van der Waals surface area contributed by atoms with Crippen LogP contribution in [0.25, 0.3) is 0 Å². The van der Waals surface area contributed by atoms with E-state index in [1.54, 1.807) is 13.2 Å². The molecule has 0 aliphatic carbocycles. The zero-order chi connectivity index (χ0) is 19.0. The van der Waals surface area contributed by atoms with Gasteiger partial charge in [0.15, 0.2) is 0 Å². The Labute approximate surface area is 158 Å². The van der Waals surface area contributed by atoms with Crippen LogP contribution in [0.5, 0.6) is 5.88 Å². The standard InChI is InChI=1S/C6H9N3O.B14/c1-4-3-5(10-2)9-6(7)8-4;1-9(2)13(10(3)4)14(11(5)6)12(7)8/h3H,1-2H3,(H2,7,8,9);. The molecule has 0 aromatic carbocycles. The topological polar surface area (TPSA) is 61.0 Å². The third-order valence-electron chi connectivity index (χ3n) is 3.28. The second-order valence-corrected chi connectivity index (χ2v) is 5.37. The summed E-state index contributed by atoms with van der Waals surface area (Å²) in [6.07, 6.45) is -4.08. The van der Waals surface area contributed by atoms with Gasteiger partial charge in [-0.1, -0.05) is 0 Å². The van der Waals surface area contributed by atoms with E-state index >= 15 is 0 Å². The van der Waals surface area contributed by atoms with Crippen molar-refractivity contribution in [3.8, 4) is 5.88 Å². The molecule has 0 spiro atoms. The summed E-state index contributed by atoms with van der Waals surface area (Å²) in [6.45, 7) is 1.83. The van der Waals surface area contributed by atoms with E-state index in [9.17, 15) is 0 Å². The zero-order valence-corrected chi connectivity index (χ0v) is 14.0. The molecule has 18 heteroatoms. The zero-order valence-electron chi connectivity index (χ0n) is 14.0. The number of nitrogens with zero attached hydrogens (tertiary/aromatic N) is 2. The van der Waals surface area contributed by atoms with Crippen molar-refractivity contribution in [1.82, 2.24) is 9.97 Å². The molecule has 16 radical (unpaired) electrons. The van der Waals surface area contributed by atoms with E-state index in [4.69, 9.17) is 72.4 Å². The number of methoxy groups -OCH3 is 1. The Morgan fingerprint density at radius 3 is 1.46 bits per heavy atom. The van der Waals surface area contributed by atoms with Crippen LogP contribution < -0.4 is 10.5 Å². The fraction of sp³-hybridized carbons (Fsp3) is 0.333. The van der Waals surface area contributed by atoms with Crippen molar-refractivity contribution in [3.63, 3.8) is 0 Å². The lowest BCUT2D eigenvalue weighted by Gasteiger charge is -2.34. The largest absolute Gasteiger partial charge is 0.481 e. The molecule has 0 aliphatic heterocycles. The van der Waals surface area contributed by atoms with Crippen molar-refractivity contribution >= 4 is 106 Å². The Morgan fingerprint density at radius 2 is 1.21 bits per heavy atom. The first kappa shape index (κ1) is 23.6. The normalized spacial score (nSPS) is 9.08. The van der Waals surface area contributed by atoms with Crippen molar-refractivity contribution in [2.75, 3.05) is 12.8 Å². The van der Waals surface area contributed by atoms with Gasteiger partial charge in [0.25, 0.3) is 0 Å². The number of hydrogen-bond acceptors (Lipinski definition) is 4. The third-order valence-corrected chi connectivity index (χ3v) is 3.28. The van der Waals surface area contributed by atoms with E-state index in [2.05, 4.69) is 9.97 Å². The lowest BCUT2D eigenvalue weighted by molar-refractivity contribution is 0.397. The molecule has 1 heterocycles. The van der Waals surface area contributed by atoms with Crippen LogP contribution in [-0.2, 0) is 0 Å². The minimum atomic E-state index is -0.760. The highest BCUT2D eigenvalue weighted by Gasteiger charge is 2.35. The fourth-order valence-corrected chi connectivity index (χ4v) is 2.21. The average molecular weight is 291 g/mol. The minimum Gasteiger partial charge on any atom is -0.481 e. The number of rotatable bonds is 6. The molecule has 0 bridgehead atoms. The Hall–Kier alpha value is -0.411. The fourth-order valence-electron chi connectivity index (χ4n) is 2.21. The van der Waals surface area contributed by atoms with E-state index in [0.29, 0.717) is 5.88 Å². The third kappa shape index (κ3) is 8.11. The average Bonchev–Trinajstić information content (AvgIpc) is 2.42. The quantitative estimate of drug-likeness (QED) is 0.533. The highest BCUT2D eigenvalue weighted by Crippen LogP contribution is 2.07. The van der Waals surface area contributed by atoms with Crippen LogP contribution >= 0.6 is 0 Å². The van der Waals surface area contributed by atoms with E-state index in [-0.39, 0.29) is 5.95 Å². The summed E-state index contributed by atoms with van der Waals surface area (Å²) >= 11 is 0. The summed E-state index contributed by atoms with van der Waals surface area (Å²) in [5.74, 6) is 0.752. The van der Waals surface area contributed by atoms with Crippen LogP contribution in [0.4, 0.5) is 5.95 Å². The molecule has 0 atom stereocenters. The SMILES string of the molecule is COc1cc(C)nc(N)n1.[B]B([B])B(B([B])[B])B(B([B])[B])B([B])[B]. The van der Waals surface area contributed by atoms with E-state index in [0.717, 1.165) is 5.69 Å². The molecule has 1 aromatic rings. The summed E-state index contributed by atoms with van der Waals surface area (Å²) in [4.78, 5) is 7.67. The number of anilines is 1.